The predicted octanol–water partition coefficient (Wildman–Crippen LogP) is 17.6. The van der Waals surface area contributed by atoms with Crippen molar-refractivity contribution in [2.24, 2.45) is 0 Å². The van der Waals surface area contributed by atoms with Crippen LogP contribution in [0, 0.1) is 0 Å². The lowest BCUT2D eigenvalue weighted by atomic mass is 9.96. The van der Waals surface area contributed by atoms with Crippen molar-refractivity contribution in [1.82, 2.24) is 19.5 Å². The van der Waals surface area contributed by atoms with Gasteiger partial charge < -0.3 is 17.8 Å². The Hall–Kier alpha value is -9.85. The van der Waals surface area contributed by atoms with E-state index < -0.39 is 0 Å². The zero-order valence-corrected chi connectivity index (χ0v) is 38.3. The van der Waals surface area contributed by atoms with Crippen molar-refractivity contribution in [2.75, 3.05) is 0 Å². The molecule has 5 heterocycles. The third kappa shape index (κ3) is 5.70. The van der Waals surface area contributed by atoms with Gasteiger partial charge in [0.2, 0.25) is 0 Å². The van der Waals surface area contributed by atoms with E-state index in [0.717, 1.165) is 110 Å². The number of hydrogen-bond acceptors (Lipinski definition) is 6. The molecular formula is C65H36N4O3. The molecule has 0 fully saturated rings. The van der Waals surface area contributed by atoms with E-state index >= 15 is 0 Å². The molecule has 0 bridgehead atoms. The Morgan fingerprint density at radius 2 is 0.819 bits per heavy atom. The summed E-state index contributed by atoms with van der Waals surface area (Å²) >= 11 is 0. The van der Waals surface area contributed by atoms with Crippen LogP contribution in [0.25, 0.3) is 160 Å². The zero-order chi connectivity index (χ0) is 47.0. The van der Waals surface area contributed by atoms with Gasteiger partial charge in [-0.1, -0.05) is 146 Å². The highest BCUT2D eigenvalue weighted by atomic mass is 16.3. The first-order valence-corrected chi connectivity index (χ1v) is 24.2. The lowest BCUT2D eigenvalue weighted by molar-refractivity contribution is 0.668. The molecule has 0 N–H and O–H groups in total. The van der Waals surface area contributed by atoms with E-state index in [1.807, 2.05) is 72.8 Å². The molecule has 11 aromatic carbocycles. The van der Waals surface area contributed by atoms with Crippen molar-refractivity contribution in [2.45, 2.75) is 0 Å². The summed E-state index contributed by atoms with van der Waals surface area (Å²) in [6, 6.07) is 76.4. The standard InChI is InChI=1S/C65H36N4O3/c1-2-15-39-35-53-51(33-38(39)14-1)44-30-27-37-13-3-4-16-42(37)62(44)69(53)41-29-31-45(50(36-41)40-28-32-57-52(34-40)43-17-5-8-22-54(43)70-57)63-66-64(48-20-11-25-58-60(48)46-18-6-9-23-55(46)71-58)68-65(67-63)49-21-12-26-59-61(49)47-19-7-10-24-56(47)72-59/h1-36H. The second-order valence-electron chi connectivity index (χ2n) is 18.6. The summed E-state index contributed by atoms with van der Waals surface area (Å²) < 4.78 is 21.7. The van der Waals surface area contributed by atoms with E-state index in [1.165, 1.54) is 32.3 Å². The Morgan fingerprint density at radius 3 is 1.50 bits per heavy atom. The number of furan rings is 3. The second-order valence-corrected chi connectivity index (χ2v) is 18.6. The Labute approximate surface area is 409 Å². The van der Waals surface area contributed by atoms with E-state index in [-0.39, 0.29) is 0 Å². The van der Waals surface area contributed by atoms with Crippen LogP contribution in [-0.4, -0.2) is 19.5 Å². The van der Waals surface area contributed by atoms with E-state index in [2.05, 4.69) is 150 Å². The van der Waals surface area contributed by atoms with Gasteiger partial charge in [0.05, 0.1) is 11.0 Å². The number of fused-ring (bicyclic) bond motifs is 15. The average Bonchev–Trinajstić information content (AvgIpc) is 4.21. The summed E-state index contributed by atoms with van der Waals surface area (Å²) in [5.74, 6) is 1.59. The minimum Gasteiger partial charge on any atom is -0.456 e. The van der Waals surface area contributed by atoms with Gasteiger partial charge in [0, 0.05) is 70.9 Å². The van der Waals surface area contributed by atoms with Crippen molar-refractivity contribution >= 4 is 109 Å². The Morgan fingerprint density at radius 1 is 0.292 bits per heavy atom. The Balaban J connectivity index is 1.02. The molecule has 0 saturated carbocycles. The molecule has 0 unspecified atom stereocenters. The minimum atomic E-state index is 0.530. The highest BCUT2D eigenvalue weighted by molar-refractivity contribution is 6.21. The molecule has 0 aliphatic carbocycles. The van der Waals surface area contributed by atoms with Crippen molar-refractivity contribution in [3.05, 3.63) is 218 Å². The van der Waals surface area contributed by atoms with Gasteiger partial charge >= 0.3 is 0 Å². The number of rotatable bonds is 5. The maximum atomic E-state index is 6.44. The monoisotopic (exact) mass is 920 g/mol. The Bertz CT molecular complexity index is 4820. The summed E-state index contributed by atoms with van der Waals surface area (Å²) in [7, 11) is 0. The molecule has 5 aromatic heterocycles. The molecule has 7 heteroatoms. The van der Waals surface area contributed by atoms with Crippen LogP contribution in [0.4, 0.5) is 0 Å². The lowest BCUT2D eigenvalue weighted by Crippen LogP contribution is -2.02. The fraction of sp³-hybridized carbons (Fsp3) is 0. The molecule has 0 spiro atoms. The van der Waals surface area contributed by atoms with Crippen molar-refractivity contribution < 1.29 is 13.3 Å². The summed E-state index contributed by atoms with van der Waals surface area (Å²) in [5, 5.41) is 13.1. The predicted molar refractivity (Wildman–Crippen MR) is 293 cm³/mol. The van der Waals surface area contributed by atoms with Crippen molar-refractivity contribution in [1.29, 1.82) is 0 Å². The second kappa shape index (κ2) is 14.8. The third-order valence-electron chi connectivity index (χ3n) is 14.6. The molecule has 0 atom stereocenters. The maximum absolute atomic E-state index is 6.44. The largest absolute Gasteiger partial charge is 0.456 e. The van der Waals surface area contributed by atoms with Crippen LogP contribution < -0.4 is 0 Å². The molecule has 16 aromatic rings. The van der Waals surface area contributed by atoms with E-state index in [1.54, 1.807) is 0 Å². The maximum Gasteiger partial charge on any atom is 0.164 e. The fourth-order valence-electron chi connectivity index (χ4n) is 11.4. The first-order chi connectivity index (χ1) is 35.7. The molecule has 0 aliphatic rings. The van der Waals surface area contributed by atoms with Gasteiger partial charge in [0.25, 0.3) is 0 Å². The highest BCUT2D eigenvalue weighted by Gasteiger charge is 2.24. The topological polar surface area (TPSA) is 83.0 Å². The van der Waals surface area contributed by atoms with Gasteiger partial charge in [0.15, 0.2) is 17.5 Å². The zero-order valence-electron chi connectivity index (χ0n) is 38.3. The molecule has 72 heavy (non-hydrogen) atoms. The van der Waals surface area contributed by atoms with E-state index in [4.69, 9.17) is 28.2 Å². The molecule has 0 saturated heterocycles. The van der Waals surface area contributed by atoms with Crippen LogP contribution in [0.5, 0.6) is 0 Å². The molecular weight excluding hydrogens is 885 g/mol. The van der Waals surface area contributed by atoms with Gasteiger partial charge in [-0.3, -0.25) is 0 Å². The van der Waals surface area contributed by atoms with Crippen LogP contribution in [0.15, 0.2) is 232 Å². The van der Waals surface area contributed by atoms with Gasteiger partial charge in [-0.15, -0.1) is 0 Å². The molecule has 334 valence electrons. The van der Waals surface area contributed by atoms with Crippen LogP contribution in [0.2, 0.25) is 0 Å². The number of benzene rings is 11. The van der Waals surface area contributed by atoms with E-state index in [9.17, 15) is 0 Å². The molecule has 0 radical (unpaired) electrons. The van der Waals surface area contributed by atoms with E-state index in [0.29, 0.717) is 17.5 Å². The Kier molecular flexibility index (Phi) is 8.04. The third-order valence-corrected chi connectivity index (χ3v) is 14.6. The normalized spacial score (nSPS) is 12.2. The van der Waals surface area contributed by atoms with Crippen LogP contribution in [0.3, 0.4) is 0 Å². The fourth-order valence-corrected chi connectivity index (χ4v) is 11.4. The van der Waals surface area contributed by atoms with Crippen LogP contribution in [-0.2, 0) is 0 Å². The van der Waals surface area contributed by atoms with Crippen LogP contribution in [0.1, 0.15) is 0 Å². The van der Waals surface area contributed by atoms with Gasteiger partial charge in [-0.2, -0.15) is 0 Å². The molecule has 7 nitrogen and oxygen atoms in total. The quantitative estimate of drug-likeness (QED) is 0.171. The van der Waals surface area contributed by atoms with Crippen molar-refractivity contribution in [3.8, 4) is 51.0 Å². The number of nitrogens with zero attached hydrogens (tertiary/aromatic N) is 4. The summed E-state index contributed by atoms with van der Waals surface area (Å²) in [4.78, 5) is 16.4. The summed E-state index contributed by atoms with van der Waals surface area (Å²) in [6.45, 7) is 0. The molecule has 0 aliphatic heterocycles. The van der Waals surface area contributed by atoms with Crippen molar-refractivity contribution in [3.63, 3.8) is 0 Å². The van der Waals surface area contributed by atoms with Gasteiger partial charge in [0.1, 0.15) is 33.5 Å². The number of hydrogen-bond donors (Lipinski definition) is 0. The summed E-state index contributed by atoms with van der Waals surface area (Å²) in [6.07, 6.45) is 0. The first-order valence-electron chi connectivity index (χ1n) is 24.2. The van der Waals surface area contributed by atoms with Crippen LogP contribution >= 0.6 is 0 Å². The SMILES string of the molecule is c1ccc2cc3c(cc2c1)c1ccc2ccccc2c1n3-c1ccc(-c2nc(-c3cccc4oc5ccccc5c34)nc(-c3cccc4oc5ccccc5c34)n2)c(-c2ccc3oc4ccccc4c3c2)c1. The lowest BCUT2D eigenvalue weighted by Gasteiger charge is -2.16. The van der Waals surface area contributed by atoms with Gasteiger partial charge in [-0.05, 0) is 100 Å². The smallest absolute Gasteiger partial charge is 0.164 e. The number of para-hydroxylation sites is 3. The van der Waals surface area contributed by atoms with Gasteiger partial charge in [-0.25, -0.2) is 15.0 Å². The molecule has 0 amide bonds. The number of aromatic nitrogens is 4. The minimum absolute atomic E-state index is 0.530. The average molecular weight is 921 g/mol. The highest BCUT2D eigenvalue weighted by Crippen LogP contribution is 2.44. The molecule has 16 rings (SSSR count). The first kappa shape index (κ1) is 39.0. The summed E-state index contributed by atoms with van der Waals surface area (Å²) in [5.41, 5.74) is 12.6.